The van der Waals surface area contributed by atoms with Crippen LogP contribution in [-0.2, 0) is 16.1 Å². The Morgan fingerprint density at radius 2 is 1.60 bits per heavy atom. The highest BCUT2D eigenvalue weighted by Crippen LogP contribution is 2.35. The number of piperazine rings is 1. The Labute approximate surface area is 271 Å². The van der Waals surface area contributed by atoms with E-state index in [0.717, 1.165) is 16.2 Å². The maximum Gasteiger partial charge on any atom is 0.275 e. The summed E-state index contributed by atoms with van der Waals surface area (Å²) in [5, 5.41) is 2.18. The predicted molar refractivity (Wildman–Crippen MR) is 167 cm³/mol. The number of pyridine rings is 1. The third-order valence-electron chi connectivity index (χ3n) is 9.79. The number of nitrogens with one attached hydrogen (secondary N) is 1. The molecule has 10 nitrogen and oxygen atoms in total. The average Bonchev–Trinajstić information content (AvgIpc) is 3.31. The summed E-state index contributed by atoms with van der Waals surface area (Å²) in [6, 6.07) is 18.8. The summed E-state index contributed by atoms with van der Waals surface area (Å²) in [6.45, 7) is 2.60. The van der Waals surface area contributed by atoms with Gasteiger partial charge in [0, 0.05) is 51.9 Å². The zero-order valence-electron chi connectivity index (χ0n) is 25.9. The molecule has 5 heterocycles. The first-order chi connectivity index (χ1) is 22.7. The van der Waals surface area contributed by atoms with Crippen molar-refractivity contribution in [1.82, 2.24) is 29.9 Å². The Hall–Kier alpha value is -4.39. The quantitative estimate of drug-likeness (QED) is 0.392. The fourth-order valence-electron chi connectivity index (χ4n) is 7.51. The molecule has 4 amide bonds. The van der Waals surface area contributed by atoms with Crippen LogP contribution in [0.3, 0.4) is 0 Å². The van der Waals surface area contributed by atoms with Crippen LogP contribution in [0, 0.1) is 0 Å². The minimum atomic E-state index is -2.94. The van der Waals surface area contributed by atoms with Crippen molar-refractivity contribution in [3.8, 4) is 0 Å². The number of imide groups is 2. The number of aromatic nitrogens is 1. The number of halogens is 2. The van der Waals surface area contributed by atoms with E-state index in [-0.39, 0.29) is 36.6 Å². The number of hydrogen-bond acceptors (Lipinski definition) is 8. The van der Waals surface area contributed by atoms with Gasteiger partial charge in [0.25, 0.3) is 17.7 Å². The Balaban J connectivity index is 0.982. The van der Waals surface area contributed by atoms with Crippen LogP contribution in [0.1, 0.15) is 62.8 Å². The summed E-state index contributed by atoms with van der Waals surface area (Å²) >= 11 is 0. The zero-order chi connectivity index (χ0) is 32.7. The third-order valence-corrected chi connectivity index (χ3v) is 9.79. The number of benzene rings is 2. The summed E-state index contributed by atoms with van der Waals surface area (Å²) in [5.41, 5.74) is 3.02. The number of rotatable bonds is 7. The summed E-state index contributed by atoms with van der Waals surface area (Å²) in [4.78, 5) is 61.6. The van der Waals surface area contributed by atoms with Crippen LogP contribution < -0.4 is 5.32 Å². The minimum Gasteiger partial charge on any atom is -0.295 e. The van der Waals surface area contributed by atoms with Crippen molar-refractivity contribution in [2.75, 3.05) is 39.3 Å². The first kappa shape index (κ1) is 31.2. The molecule has 7 rings (SSSR count). The van der Waals surface area contributed by atoms with Crippen molar-refractivity contribution < 1.29 is 28.0 Å². The van der Waals surface area contributed by atoms with Crippen molar-refractivity contribution in [3.05, 3.63) is 101 Å². The number of piperidine rings is 2. The second-order valence-corrected chi connectivity index (χ2v) is 12.7. The molecule has 3 aromatic rings. The maximum atomic E-state index is 15.8. The van der Waals surface area contributed by atoms with E-state index in [4.69, 9.17) is 0 Å². The van der Waals surface area contributed by atoms with Gasteiger partial charge >= 0.3 is 0 Å². The maximum absolute atomic E-state index is 15.8. The number of amides is 4. The van der Waals surface area contributed by atoms with Crippen LogP contribution >= 0.6 is 0 Å². The number of likely N-dealkylation sites (tertiary alicyclic amines) is 1. The summed E-state index contributed by atoms with van der Waals surface area (Å²) < 4.78 is 31.5. The van der Waals surface area contributed by atoms with Gasteiger partial charge in [-0.3, -0.25) is 49.1 Å². The third kappa shape index (κ3) is 6.08. The highest BCUT2D eigenvalue weighted by atomic mass is 19.3. The number of nitrogens with zero attached hydrogens (tertiary/aromatic N) is 5. The molecule has 12 heteroatoms. The first-order valence-electron chi connectivity index (χ1n) is 16.1. The van der Waals surface area contributed by atoms with Gasteiger partial charge in [-0.05, 0) is 48.2 Å². The molecule has 0 spiro atoms. The lowest BCUT2D eigenvalue weighted by molar-refractivity contribution is -0.136. The van der Waals surface area contributed by atoms with Crippen LogP contribution in [0.2, 0.25) is 0 Å². The Kier molecular flexibility index (Phi) is 8.41. The van der Waals surface area contributed by atoms with Gasteiger partial charge in [-0.15, -0.1) is 0 Å². The van der Waals surface area contributed by atoms with Crippen molar-refractivity contribution in [2.24, 2.45) is 0 Å². The molecule has 3 fully saturated rings. The summed E-state index contributed by atoms with van der Waals surface area (Å²) in [7, 11) is 0. The normalized spacial score (nSPS) is 24.7. The average molecular weight is 643 g/mol. The lowest BCUT2D eigenvalue weighted by Gasteiger charge is -2.47. The molecule has 1 N–H and O–H groups in total. The van der Waals surface area contributed by atoms with Crippen molar-refractivity contribution >= 4 is 23.6 Å². The van der Waals surface area contributed by atoms with Crippen LogP contribution in [0.25, 0.3) is 0 Å². The van der Waals surface area contributed by atoms with E-state index in [2.05, 4.69) is 27.3 Å². The standard InChI is InChI=1S/C35H36F2N6O4/c36-35(37)22-40(21-23-9-10-25-26(20-23)34(47)43(33(25)46)28-11-12-30(44)39-32(28)45)15-13-29(35)41-16-18-42(19-17-41)31(24-6-2-1-3-7-24)27-8-4-5-14-38-27/h1-10,14,20,28-29,31H,11-13,15-19,21-22H2,(H,39,44,45). The number of carbonyl (C=O) groups excluding carboxylic acids is 4. The van der Waals surface area contributed by atoms with Crippen molar-refractivity contribution in [2.45, 2.75) is 49.9 Å². The number of hydrogen-bond donors (Lipinski definition) is 1. The second kappa shape index (κ2) is 12.7. The fourth-order valence-corrected chi connectivity index (χ4v) is 7.51. The van der Waals surface area contributed by atoms with E-state index >= 15 is 8.78 Å². The predicted octanol–water partition coefficient (Wildman–Crippen LogP) is 3.10. The van der Waals surface area contributed by atoms with Crippen molar-refractivity contribution in [3.63, 3.8) is 0 Å². The molecule has 1 aromatic heterocycles. The monoisotopic (exact) mass is 642 g/mol. The molecular formula is C35H36F2N6O4. The molecule has 0 saturated carbocycles. The molecule has 47 heavy (non-hydrogen) atoms. The first-order valence-corrected chi connectivity index (χ1v) is 16.1. The van der Waals surface area contributed by atoms with E-state index in [0.29, 0.717) is 44.7 Å². The molecule has 2 aromatic carbocycles. The molecule has 4 aliphatic rings. The fraction of sp³-hybridized carbons (Fsp3) is 0.400. The molecular weight excluding hydrogens is 606 g/mol. The second-order valence-electron chi connectivity index (χ2n) is 12.7. The summed E-state index contributed by atoms with van der Waals surface area (Å²) in [5.74, 6) is -5.25. The largest absolute Gasteiger partial charge is 0.295 e. The van der Waals surface area contributed by atoms with E-state index in [1.807, 2.05) is 41.3 Å². The molecule has 3 saturated heterocycles. The van der Waals surface area contributed by atoms with Gasteiger partial charge in [-0.2, -0.15) is 0 Å². The van der Waals surface area contributed by atoms with E-state index < -0.39 is 48.2 Å². The molecule has 3 unspecified atom stereocenters. The van der Waals surface area contributed by atoms with E-state index in [1.165, 1.54) is 6.07 Å². The molecule has 0 bridgehead atoms. The van der Waals surface area contributed by atoms with Gasteiger partial charge in [-0.1, -0.05) is 42.5 Å². The van der Waals surface area contributed by atoms with E-state index in [9.17, 15) is 19.2 Å². The zero-order valence-corrected chi connectivity index (χ0v) is 25.9. The molecule has 244 valence electrons. The molecule has 0 radical (unpaired) electrons. The van der Waals surface area contributed by atoms with Gasteiger partial charge in [0.15, 0.2) is 0 Å². The molecule has 0 aliphatic carbocycles. The highest BCUT2D eigenvalue weighted by molar-refractivity contribution is 6.23. The van der Waals surface area contributed by atoms with Gasteiger partial charge in [0.1, 0.15) is 6.04 Å². The lowest BCUT2D eigenvalue weighted by atomic mass is 9.96. The van der Waals surface area contributed by atoms with Crippen molar-refractivity contribution in [1.29, 1.82) is 0 Å². The smallest absolute Gasteiger partial charge is 0.275 e. The lowest BCUT2D eigenvalue weighted by Crippen LogP contribution is -2.61. The Bertz CT molecular complexity index is 1640. The SMILES string of the molecule is O=C1CCC(N2C(=O)c3ccc(CN4CCC(N5CCN(C(c6ccccc6)c6ccccn6)CC5)C(F)(F)C4)cc3C2=O)C(=O)N1. The van der Waals surface area contributed by atoms with Gasteiger partial charge in [0.2, 0.25) is 11.8 Å². The summed E-state index contributed by atoms with van der Waals surface area (Å²) in [6.07, 6.45) is 2.20. The Morgan fingerprint density at radius 1 is 0.851 bits per heavy atom. The topological polar surface area (TPSA) is 106 Å². The highest BCUT2D eigenvalue weighted by Gasteiger charge is 2.49. The van der Waals surface area contributed by atoms with Crippen LogP contribution in [0.5, 0.6) is 0 Å². The number of fused-ring (bicyclic) bond motifs is 1. The minimum absolute atomic E-state index is 0.0360. The van der Waals surface area contributed by atoms with Crippen LogP contribution in [0.15, 0.2) is 72.9 Å². The van der Waals surface area contributed by atoms with Gasteiger partial charge in [0.05, 0.1) is 35.4 Å². The van der Waals surface area contributed by atoms with Crippen LogP contribution in [-0.4, -0.2) is 105 Å². The number of alkyl halides is 2. The van der Waals surface area contributed by atoms with E-state index in [1.54, 1.807) is 23.2 Å². The Morgan fingerprint density at radius 3 is 2.30 bits per heavy atom. The molecule has 4 aliphatic heterocycles. The van der Waals surface area contributed by atoms with Gasteiger partial charge in [-0.25, -0.2) is 8.78 Å². The number of carbonyl (C=O) groups is 4. The molecule has 3 atom stereocenters. The van der Waals surface area contributed by atoms with Crippen LogP contribution in [0.4, 0.5) is 8.78 Å². The van der Waals surface area contributed by atoms with Gasteiger partial charge < -0.3 is 0 Å².